The van der Waals surface area contributed by atoms with Crippen LogP contribution in [0.4, 0.5) is 5.69 Å². The molecule has 0 atom stereocenters. The second-order valence-electron chi connectivity index (χ2n) is 8.22. The summed E-state index contributed by atoms with van der Waals surface area (Å²) in [5.74, 6) is 1.34. The van der Waals surface area contributed by atoms with E-state index in [0.717, 1.165) is 33.6 Å². The van der Waals surface area contributed by atoms with E-state index in [1.807, 2.05) is 30.3 Å². The van der Waals surface area contributed by atoms with Crippen LogP contribution in [0.3, 0.4) is 0 Å². The van der Waals surface area contributed by atoms with Gasteiger partial charge >= 0.3 is 0 Å². The number of aromatic hydroxyl groups is 1. The van der Waals surface area contributed by atoms with Crippen LogP contribution >= 0.6 is 11.6 Å². The number of nitrogens with zero attached hydrogens (tertiary/aromatic N) is 1. The number of fused-ring (bicyclic) bond motifs is 5. The first-order valence-electron chi connectivity index (χ1n) is 9.82. The summed E-state index contributed by atoms with van der Waals surface area (Å²) in [7, 11) is 0. The molecule has 3 aromatic rings. The monoisotopic (exact) mass is 416 g/mol. The number of benzene rings is 2. The summed E-state index contributed by atoms with van der Waals surface area (Å²) in [5.41, 5.74) is 6.47. The van der Waals surface area contributed by atoms with Gasteiger partial charge in [0.05, 0.1) is 16.3 Å². The number of nitrogens with one attached hydrogen (secondary N) is 1. The molecule has 0 bridgehead atoms. The molecule has 2 aliphatic heterocycles. The Kier molecular flexibility index (Phi) is 4.16. The van der Waals surface area contributed by atoms with Gasteiger partial charge in [0, 0.05) is 34.7 Å². The molecule has 5 rings (SSSR count). The quantitative estimate of drug-likeness (QED) is 0.469. The van der Waals surface area contributed by atoms with Crippen LogP contribution in [0.5, 0.6) is 11.5 Å². The lowest BCUT2D eigenvalue weighted by molar-refractivity contribution is 0.471. The number of pyridine rings is 1. The van der Waals surface area contributed by atoms with Gasteiger partial charge in [-0.05, 0) is 62.2 Å². The van der Waals surface area contributed by atoms with E-state index in [0.29, 0.717) is 17.1 Å². The Balaban J connectivity index is 1.84. The molecule has 4 nitrogen and oxygen atoms in total. The lowest BCUT2D eigenvalue weighted by Gasteiger charge is -2.35. The molecule has 2 aromatic carbocycles. The first kappa shape index (κ1) is 18.8. The van der Waals surface area contributed by atoms with Crippen LogP contribution in [-0.4, -0.2) is 15.6 Å². The molecule has 0 amide bonds. The lowest BCUT2D eigenvalue weighted by Crippen LogP contribution is -2.32. The van der Waals surface area contributed by atoms with Gasteiger partial charge in [0.2, 0.25) is 0 Å². The maximum absolute atomic E-state index is 10.2. The minimum absolute atomic E-state index is 0.0337. The molecular weight excluding hydrogens is 396 g/mol. The number of aromatic nitrogens is 1. The molecule has 0 spiro atoms. The fourth-order valence-electron chi connectivity index (χ4n) is 4.33. The van der Waals surface area contributed by atoms with Crippen molar-refractivity contribution in [3.63, 3.8) is 0 Å². The van der Waals surface area contributed by atoms with Crippen molar-refractivity contribution in [3.05, 3.63) is 76.6 Å². The number of hydrogen-bond acceptors (Lipinski definition) is 4. The van der Waals surface area contributed by atoms with Crippen molar-refractivity contribution in [2.24, 2.45) is 0 Å². The number of ether oxygens (including phenoxy) is 1. The highest BCUT2D eigenvalue weighted by Crippen LogP contribution is 2.52. The Morgan fingerprint density at radius 1 is 1.07 bits per heavy atom. The molecule has 0 radical (unpaired) electrons. The van der Waals surface area contributed by atoms with Gasteiger partial charge < -0.3 is 15.2 Å². The molecule has 0 saturated carbocycles. The minimum atomic E-state index is -0.153. The zero-order valence-electron chi connectivity index (χ0n) is 17.0. The van der Waals surface area contributed by atoms with E-state index in [9.17, 15) is 5.11 Å². The van der Waals surface area contributed by atoms with E-state index >= 15 is 0 Å². The Hall–Kier alpha value is -3.24. The second-order valence-corrected chi connectivity index (χ2v) is 8.60. The van der Waals surface area contributed by atoms with E-state index < -0.39 is 0 Å². The highest BCUT2D eigenvalue weighted by molar-refractivity contribution is 6.35. The van der Waals surface area contributed by atoms with Gasteiger partial charge in [0.15, 0.2) is 0 Å². The van der Waals surface area contributed by atoms with E-state index in [1.54, 1.807) is 18.3 Å². The largest absolute Gasteiger partial charge is 0.506 e. The van der Waals surface area contributed by atoms with Crippen LogP contribution in [0, 0.1) is 0 Å². The zero-order chi connectivity index (χ0) is 21.0. The summed E-state index contributed by atoms with van der Waals surface area (Å²) in [4.78, 5) is 4.43. The van der Waals surface area contributed by atoms with Crippen LogP contribution in [0.1, 0.15) is 37.6 Å². The minimum Gasteiger partial charge on any atom is -0.506 e. The predicted molar refractivity (Wildman–Crippen MR) is 123 cm³/mol. The summed E-state index contributed by atoms with van der Waals surface area (Å²) in [6.07, 6.45) is 5.91. The molecule has 30 heavy (non-hydrogen) atoms. The number of allylic oxidation sites excluding steroid dienone is 1. The van der Waals surface area contributed by atoms with Crippen molar-refractivity contribution in [2.75, 3.05) is 5.32 Å². The Morgan fingerprint density at radius 3 is 2.67 bits per heavy atom. The Morgan fingerprint density at radius 2 is 1.90 bits per heavy atom. The fraction of sp³-hybridized carbons (Fsp3) is 0.160. The summed E-state index contributed by atoms with van der Waals surface area (Å²) >= 11 is 6.52. The van der Waals surface area contributed by atoms with E-state index in [1.165, 1.54) is 0 Å². The van der Waals surface area contributed by atoms with Crippen molar-refractivity contribution >= 4 is 34.7 Å². The summed E-state index contributed by atoms with van der Waals surface area (Å²) in [6, 6.07) is 13.2. The highest BCUT2D eigenvalue weighted by atomic mass is 35.5. The number of hydrogen-bond donors (Lipinski definition) is 2. The van der Waals surface area contributed by atoms with Gasteiger partial charge in [-0.1, -0.05) is 29.8 Å². The molecular formula is C25H21ClN2O2. The smallest absolute Gasteiger partial charge is 0.138 e. The summed E-state index contributed by atoms with van der Waals surface area (Å²) in [6.45, 7) is 6.40. The average Bonchev–Trinajstić information content (AvgIpc) is 2.70. The molecule has 2 aliphatic rings. The number of phenols is 1. The lowest BCUT2D eigenvalue weighted by atomic mass is 9.83. The van der Waals surface area contributed by atoms with Crippen molar-refractivity contribution in [1.29, 1.82) is 0 Å². The van der Waals surface area contributed by atoms with Crippen molar-refractivity contribution in [3.8, 4) is 22.6 Å². The van der Waals surface area contributed by atoms with Crippen molar-refractivity contribution in [1.82, 2.24) is 4.98 Å². The topological polar surface area (TPSA) is 54.4 Å². The van der Waals surface area contributed by atoms with E-state index in [2.05, 4.69) is 43.2 Å². The highest BCUT2D eigenvalue weighted by Gasteiger charge is 2.32. The maximum atomic E-state index is 10.2. The molecule has 5 heteroatoms. The van der Waals surface area contributed by atoms with Crippen LogP contribution in [0.15, 0.2) is 54.7 Å². The van der Waals surface area contributed by atoms with Crippen molar-refractivity contribution in [2.45, 2.75) is 26.3 Å². The summed E-state index contributed by atoms with van der Waals surface area (Å²) in [5, 5.41) is 14.1. The first-order chi connectivity index (χ1) is 14.3. The summed E-state index contributed by atoms with van der Waals surface area (Å²) < 4.78 is 6.34. The second kappa shape index (κ2) is 6.64. The average molecular weight is 417 g/mol. The van der Waals surface area contributed by atoms with E-state index in [4.69, 9.17) is 16.3 Å². The number of phenolic OH excluding ortho intramolecular Hbond substituents is 1. The standard InChI is InChI=1S/C25H21ClN2O2/c1-14-13-25(2,3)28-17-8-7-16-22(21(14)17)20(12-15-6-4-5-11-27-15)30-19-10-9-18(29)24(26)23(16)19/h4-13,28-29H,1-3H3/b20-12-. The van der Waals surface area contributed by atoms with Gasteiger partial charge in [-0.3, -0.25) is 4.98 Å². The normalized spacial score (nSPS) is 17.2. The van der Waals surface area contributed by atoms with Crippen LogP contribution in [0.2, 0.25) is 5.02 Å². The molecule has 3 heterocycles. The number of halogens is 1. The Bertz CT molecular complexity index is 1240. The van der Waals surface area contributed by atoms with Crippen LogP contribution < -0.4 is 10.1 Å². The SMILES string of the molecule is CC1=CC(C)(C)Nc2ccc3c(c21)/C(=C/c1ccccn1)Oc1ccc(O)c(Cl)c1-3. The van der Waals surface area contributed by atoms with Gasteiger partial charge in [-0.15, -0.1) is 0 Å². The third-order valence-corrected chi connectivity index (χ3v) is 5.80. The van der Waals surface area contributed by atoms with Crippen LogP contribution in [0.25, 0.3) is 28.5 Å². The predicted octanol–water partition coefficient (Wildman–Crippen LogP) is 6.61. The molecule has 0 unspecified atom stereocenters. The van der Waals surface area contributed by atoms with Gasteiger partial charge in [0.25, 0.3) is 0 Å². The number of anilines is 1. The van der Waals surface area contributed by atoms with Gasteiger partial charge in [-0.2, -0.15) is 0 Å². The molecule has 2 N–H and O–H groups in total. The third-order valence-electron chi connectivity index (χ3n) is 5.42. The maximum Gasteiger partial charge on any atom is 0.138 e. The first-order valence-corrected chi connectivity index (χ1v) is 10.2. The van der Waals surface area contributed by atoms with E-state index in [-0.39, 0.29) is 16.3 Å². The molecule has 0 fully saturated rings. The third kappa shape index (κ3) is 2.96. The number of rotatable bonds is 1. The fourth-order valence-corrected chi connectivity index (χ4v) is 4.59. The van der Waals surface area contributed by atoms with Crippen molar-refractivity contribution < 1.29 is 9.84 Å². The Labute approximate surface area is 180 Å². The molecule has 150 valence electrons. The van der Waals surface area contributed by atoms with Crippen LogP contribution in [-0.2, 0) is 0 Å². The van der Waals surface area contributed by atoms with Gasteiger partial charge in [0.1, 0.15) is 17.3 Å². The molecule has 1 aromatic heterocycles. The van der Waals surface area contributed by atoms with Gasteiger partial charge in [-0.25, -0.2) is 0 Å². The zero-order valence-corrected chi connectivity index (χ0v) is 17.7. The molecule has 0 saturated heterocycles. The molecule has 0 aliphatic carbocycles.